The van der Waals surface area contributed by atoms with Crippen LogP contribution in [0.3, 0.4) is 0 Å². The van der Waals surface area contributed by atoms with E-state index in [2.05, 4.69) is 9.97 Å². The highest BCUT2D eigenvalue weighted by Crippen LogP contribution is 2.31. The molecule has 0 bridgehead atoms. The molecule has 162 valence electrons. The number of alkyl halides is 3. The fraction of sp³-hybridized carbons (Fsp3) is 0.0870. The van der Waals surface area contributed by atoms with Crippen LogP contribution < -0.4 is 0 Å². The van der Waals surface area contributed by atoms with Gasteiger partial charge in [-0.05, 0) is 47.0 Å². The van der Waals surface area contributed by atoms with Crippen molar-refractivity contribution in [3.63, 3.8) is 0 Å². The van der Waals surface area contributed by atoms with Crippen LogP contribution in [0, 0.1) is 5.82 Å². The lowest BCUT2D eigenvalue weighted by Crippen LogP contribution is -2.12. The number of aromatic carboxylic acids is 1. The van der Waals surface area contributed by atoms with Crippen LogP contribution in [-0.4, -0.2) is 21.0 Å². The van der Waals surface area contributed by atoms with Crippen molar-refractivity contribution in [3.8, 4) is 22.6 Å². The Balaban J connectivity index is 1.70. The van der Waals surface area contributed by atoms with Gasteiger partial charge in [-0.25, -0.2) is 19.2 Å². The van der Waals surface area contributed by atoms with Crippen LogP contribution >= 0.6 is 0 Å². The molecule has 5 nitrogen and oxygen atoms in total. The van der Waals surface area contributed by atoms with Crippen LogP contribution in [0.5, 0.6) is 0 Å². The van der Waals surface area contributed by atoms with E-state index in [9.17, 15) is 22.4 Å². The molecule has 0 aliphatic rings. The average molecular weight is 442 g/mol. The Kier molecular flexibility index (Phi) is 5.48. The molecule has 2 heterocycles. The molecule has 0 radical (unpaired) electrons. The first-order chi connectivity index (χ1) is 15.2. The van der Waals surface area contributed by atoms with Gasteiger partial charge < -0.3 is 9.52 Å². The molecule has 9 heteroatoms. The minimum Gasteiger partial charge on any atom is -0.478 e. The topological polar surface area (TPSA) is 76.2 Å². The summed E-state index contributed by atoms with van der Waals surface area (Å²) in [5, 5.41) is 9.13. The van der Waals surface area contributed by atoms with Crippen LogP contribution in [0.25, 0.3) is 22.6 Å². The molecule has 0 unspecified atom stereocenters. The van der Waals surface area contributed by atoms with Gasteiger partial charge in [-0.3, -0.25) is 0 Å². The maximum atomic E-state index is 13.7. The normalized spacial score (nSPS) is 11.5. The number of carboxylic acids is 1. The number of hydrogen-bond acceptors (Lipinski definition) is 4. The highest BCUT2D eigenvalue weighted by molar-refractivity contribution is 5.89. The monoisotopic (exact) mass is 442 g/mol. The van der Waals surface area contributed by atoms with Gasteiger partial charge in [0.15, 0.2) is 5.76 Å². The highest BCUT2D eigenvalue weighted by Gasteiger charge is 2.34. The highest BCUT2D eigenvalue weighted by atomic mass is 19.4. The van der Waals surface area contributed by atoms with E-state index < -0.39 is 29.2 Å². The minimum atomic E-state index is -4.66. The quantitative estimate of drug-likeness (QED) is 0.393. The number of carbonyl (C=O) groups is 1. The van der Waals surface area contributed by atoms with Gasteiger partial charge in [0.05, 0.1) is 11.8 Å². The summed E-state index contributed by atoms with van der Waals surface area (Å²) in [7, 11) is 0. The summed E-state index contributed by atoms with van der Waals surface area (Å²) in [6.07, 6.45) is -3.34. The van der Waals surface area contributed by atoms with E-state index in [1.807, 2.05) is 0 Å². The maximum absolute atomic E-state index is 13.7. The number of furan rings is 1. The summed E-state index contributed by atoms with van der Waals surface area (Å²) in [5.74, 6) is -2.14. The zero-order valence-electron chi connectivity index (χ0n) is 16.2. The molecule has 0 atom stereocenters. The van der Waals surface area contributed by atoms with E-state index in [4.69, 9.17) is 9.52 Å². The summed E-state index contributed by atoms with van der Waals surface area (Å²) >= 11 is 0. The zero-order valence-corrected chi connectivity index (χ0v) is 16.2. The fourth-order valence-electron chi connectivity index (χ4n) is 3.18. The first-order valence-electron chi connectivity index (χ1n) is 9.32. The molecule has 32 heavy (non-hydrogen) atoms. The molecule has 4 rings (SSSR count). The van der Waals surface area contributed by atoms with Crippen LogP contribution in [-0.2, 0) is 12.6 Å². The van der Waals surface area contributed by atoms with Gasteiger partial charge >= 0.3 is 12.1 Å². The molecule has 0 saturated heterocycles. The van der Waals surface area contributed by atoms with Gasteiger partial charge in [0, 0.05) is 6.42 Å². The van der Waals surface area contributed by atoms with Gasteiger partial charge in [-0.15, -0.1) is 0 Å². The average Bonchev–Trinajstić information content (AvgIpc) is 3.28. The van der Waals surface area contributed by atoms with Crippen molar-refractivity contribution in [3.05, 3.63) is 95.4 Å². The van der Waals surface area contributed by atoms with Crippen molar-refractivity contribution in [1.29, 1.82) is 0 Å². The summed E-state index contributed by atoms with van der Waals surface area (Å²) in [6.45, 7) is 0. The molecule has 0 spiro atoms. The van der Waals surface area contributed by atoms with Crippen LogP contribution in [0.1, 0.15) is 27.4 Å². The largest absolute Gasteiger partial charge is 0.478 e. The van der Waals surface area contributed by atoms with Crippen molar-refractivity contribution in [2.75, 3.05) is 0 Å². The second-order valence-electron chi connectivity index (χ2n) is 6.91. The predicted molar refractivity (Wildman–Crippen MR) is 106 cm³/mol. The fourth-order valence-corrected chi connectivity index (χ4v) is 3.18. The summed E-state index contributed by atoms with van der Waals surface area (Å²) in [6, 6.07) is 14.2. The molecular weight excluding hydrogens is 428 g/mol. The van der Waals surface area contributed by atoms with Crippen LogP contribution in [0.15, 0.2) is 71.3 Å². The van der Waals surface area contributed by atoms with Gasteiger partial charge in [0.2, 0.25) is 0 Å². The van der Waals surface area contributed by atoms with Gasteiger partial charge in [-0.1, -0.05) is 30.3 Å². The predicted octanol–water partition coefficient (Wildman–Crippen LogP) is 5.85. The Bertz CT molecular complexity index is 1280. The number of rotatable bonds is 5. The van der Waals surface area contributed by atoms with Crippen LogP contribution in [0.2, 0.25) is 0 Å². The lowest BCUT2D eigenvalue weighted by atomic mass is 9.99. The first kappa shape index (κ1) is 21.2. The smallest absolute Gasteiger partial charge is 0.433 e. The second-order valence-corrected chi connectivity index (χ2v) is 6.91. The Morgan fingerprint density at radius 2 is 1.75 bits per heavy atom. The van der Waals surface area contributed by atoms with E-state index in [1.54, 1.807) is 30.3 Å². The van der Waals surface area contributed by atoms with Gasteiger partial charge in [0.1, 0.15) is 23.0 Å². The van der Waals surface area contributed by atoms with E-state index in [0.29, 0.717) is 16.7 Å². The minimum absolute atomic E-state index is 0.00751. The first-order valence-corrected chi connectivity index (χ1v) is 9.32. The molecule has 2 aromatic carbocycles. The summed E-state index contributed by atoms with van der Waals surface area (Å²) in [5.41, 5.74) is 0.0588. The van der Waals surface area contributed by atoms with Gasteiger partial charge in [0.25, 0.3) is 0 Å². The molecular formula is C23H14F4N2O3. The molecule has 0 fully saturated rings. The van der Waals surface area contributed by atoms with Gasteiger partial charge in [-0.2, -0.15) is 13.2 Å². The number of aromatic nitrogens is 2. The number of hydrogen-bond donors (Lipinski definition) is 1. The second kappa shape index (κ2) is 8.26. The molecule has 0 aliphatic carbocycles. The van der Waals surface area contributed by atoms with Crippen molar-refractivity contribution in [2.24, 2.45) is 0 Å². The number of carboxylic acid groups (broad SMARTS) is 1. The zero-order chi connectivity index (χ0) is 22.9. The molecule has 0 aliphatic heterocycles. The van der Waals surface area contributed by atoms with E-state index in [0.717, 1.165) is 12.1 Å². The lowest BCUT2D eigenvalue weighted by Gasteiger charge is -2.11. The lowest BCUT2D eigenvalue weighted by molar-refractivity contribution is -0.141. The van der Waals surface area contributed by atoms with E-state index in [-0.39, 0.29) is 23.7 Å². The van der Waals surface area contributed by atoms with Crippen LogP contribution in [0.4, 0.5) is 17.6 Å². The van der Waals surface area contributed by atoms with Crippen molar-refractivity contribution in [2.45, 2.75) is 12.6 Å². The van der Waals surface area contributed by atoms with Crippen molar-refractivity contribution < 1.29 is 31.9 Å². The maximum Gasteiger partial charge on any atom is 0.433 e. The summed E-state index contributed by atoms with van der Waals surface area (Å²) in [4.78, 5) is 19.1. The van der Waals surface area contributed by atoms with Crippen molar-refractivity contribution >= 4 is 5.97 Å². The Labute approximate surface area is 179 Å². The van der Waals surface area contributed by atoms with E-state index in [1.165, 1.54) is 24.5 Å². The Morgan fingerprint density at radius 1 is 0.969 bits per heavy atom. The number of benzene rings is 2. The molecule has 2 aromatic heterocycles. The molecule has 0 amide bonds. The molecule has 0 saturated carbocycles. The Hall–Kier alpha value is -4.01. The standard InChI is InChI=1S/C23H14F4N2O3/c24-17-7-6-15(11-16(17)22(30)31)14-4-1-3-13(9-14)10-21-28-18(19-5-2-8-32-19)12-20(29-21)23(25,26)27/h1-9,11-12H,10H2,(H,30,31). The SMILES string of the molecule is O=C(O)c1cc(-c2cccc(Cc3nc(-c4ccco4)cc(C(F)(F)F)n3)c2)ccc1F. The Morgan fingerprint density at radius 3 is 2.44 bits per heavy atom. The number of halogens is 4. The third kappa shape index (κ3) is 4.51. The third-order valence-electron chi connectivity index (χ3n) is 4.66. The summed E-state index contributed by atoms with van der Waals surface area (Å²) < 4.78 is 58.9. The number of nitrogens with zero attached hydrogens (tertiary/aromatic N) is 2. The third-order valence-corrected chi connectivity index (χ3v) is 4.66. The molecule has 4 aromatic rings. The van der Waals surface area contributed by atoms with Crippen molar-refractivity contribution in [1.82, 2.24) is 9.97 Å². The molecule has 1 N–H and O–H groups in total. The van der Waals surface area contributed by atoms with E-state index >= 15 is 0 Å².